The zero-order valence-electron chi connectivity index (χ0n) is 10.9. The Balaban J connectivity index is 1.99. The number of ether oxygens (including phenoxy) is 1. The Bertz CT molecular complexity index is 545. The van der Waals surface area contributed by atoms with Gasteiger partial charge in [0.25, 0.3) is 0 Å². The summed E-state index contributed by atoms with van der Waals surface area (Å²) in [5, 5.41) is 15.3. The van der Waals surface area contributed by atoms with Crippen LogP contribution in [-0.4, -0.2) is 31.0 Å². The monoisotopic (exact) mass is 323 g/mol. The average Bonchev–Trinajstić information content (AvgIpc) is 2.42. The molecule has 0 spiro atoms. The molecule has 0 aliphatic heterocycles. The van der Waals surface area contributed by atoms with Crippen LogP contribution in [0.4, 0.5) is 5.69 Å². The molecule has 0 amide bonds. The summed E-state index contributed by atoms with van der Waals surface area (Å²) in [6.07, 6.45) is -0.486. The highest BCUT2D eigenvalue weighted by Gasteiger charge is 2.04. The van der Waals surface area contributed by atoms with Crippen LogP contribution in [0, 0.1) is 0 Å². The van der Waals surface area contributed by atoms with Crippen molar-refractivity contribution < 1.29 is 9.84 Å². The molecule has 0 radical (unpaired) electrons. The number of nitrogens with one attached hydrogen (secondary N) is 1. The molecule has 0 heterocycles. The topological polar surface area (TPSA) is 41.5 Å². The zero-order valence-corrected chi connectivity index (χ0v) is 12.5. The highest BCUT2D eigenvalue weighted by atomic mass is 79.9. The molecule has 1 unspecified atom stereocenters. The maximum Gasteiger partial charge on any atom is 0.0945 e. The average molecular weight is 324 g/mol. The van der Waals surface area contributed by atoms with E-state index in [0.717, 1.165) is 10.2 Å². The minimum atomic E-state index is -0.486. The number of aliphatic hydroxyl groups excluding tert-OH is 1. The zero-order chi connectivity index (χ0) is 13.7. The van der Waals surface area contributed by atoms with Crippen LogP contribution in [0.15, 0.2) is 40.9 Å². The minimum absolute atomic E-state index is 0.365. The van der Waals surface area contributed by atoms with Gasteiger partial charge < -0.3 is 15.2 Å². The van der Waals surface area contributed by atoms with Gasteiger partial charge in [-0.3, -0.25) is 0 Å². The third-order valence-electron chi connectivity index (χ3n) is 2.86. The summed E-state index contributed by atoms with van der Waals surface area (Å²) in [4.78, 5) is 0. The molecule has 2 N–H and O–H groups in total. The van der Waals surface area contributed by atoms with E-state index in [2.05, 4.69) is 45.5 Å². The molecule has 19 heavy (non-hydrogen) atoms. The van der Waals surface area contributed by atoms with Crippen molar-refractivity contribution in [3.05, 3.63) is 40.9 Å². The summed E-state index contributed by atoms with van der Waals surface area (Å²) in [5.74, 6) is 0. The van der Waals surface area contributed by atoms with Crippen LogP contribution in [0.1, 0.15) is 6.92 Å². The van der Waals surface area contributed by atoms with Gasteiger partial charge in [-0.15, -0.1) is 0 Å². The minimum Gasteiger partial charge on any atom is -0.389 e. The van der Waals surface area contributed by atoms with Gasteiger partial charge in [0.1, 0.15) is 0 Å². The number of hydrogen-bond donors (Lipinski definition) is 2. The summed E-state index contributed by atoms with van der Waals surface area (Å²) < 4.78 is 6.25. The van der Waals surface area contributed by atoms with E-state index in [9.17, 15) is 5.11 Å². The SMILES string of the molecule is CCOCC(O)CNc1ccc2cc(Br)ccc2c1. The first kappa shape index (κ1) is 14.3. The molecule has 2 rings (SSSR count). The van der Waals surface area contributed by atoms with Crippen molar-refractivity contribution in [3.63, 3.8) is 0 Å². The number of aliphatic hydroxyl groups is 1. The molecule has 4 heteroatoms. The lowest BCUT2D eigenvalue weighted by atomic mass is 10.1. The van der Waals surface area contributed by atoms with Gasteiger partial charge in [-0.1, -0.05) is 28.1 Å². The molecule has 0 bridgehead atoms. The Kier molecular flexibility index (Phi) is 5.19. The molecule has 0 aromatic heterocycles. The number of rotatable bonds is 6. The van der Waals surface area contributed by atoms with Gasteiger partial charge >= 0.3 is 0 Å². The number of fused-ring (bicyclic) bond motifs is 1. The summed E-state index contributed by atoms with van der Waals surface area (Å²) in [6, 6.07) is 12.3. The van der Waals surface area contributed by atoms with Crippen molar-refractivity contribution in [3.8, 4) is 0 Å². The summed E-state index contributed by atoms with van der Waals surface area (Å²) in [6.45, 7) is 3.40. The highest BCUT2D eigenvalue weighted by molar-refractivity contribution is 9.10. The number of halogens is 1. The number of hydrogen-bond acceptors (Lipinski definition) is 3. The molecule has 0 saturated carbocycles. The lowest BCUT2D eigenvalue weighted by molar-refractivity contribution is 0.0496. The molecular weight excluding hydrogens is 306 g/mol. The van der Waals surface area contributed by atoms with Crippen LogP contribution in [0.3, 0.4) is 0 Å². The van der Waals surface area contributed by atoms with Gasteiger partial charge in [-0.25, -0.2) is 0 Å². The van der Waals surface area contributed by atoms with Crippen molar-refractivity contribution >= 4 is 32.4 Å². The van der Waals surface area contributed by atoms with Crippen molar-refractivity contribution in [2.75, 3.05) is 25.1 Å². The fraction of sp³-hybridized carbons (Fsp3) is 0.333. The van der Waals surface area contributed by atoms with E-state index in [1.165, 1.54) is 10.8 Å². The van der Waals surface area contributed by atoms with E-state index >= 15 is 0 Å². The van der Waals surface area contributed by atoms with E-state index in [1.807, 2.05) is 19.1 Å². The predicted octanol–water partition coefficient (Wildman–Crippen LogP) is 3.41. The molecule has 0 aliphatic rings. The van der Waals surface area contributed by atoms with Gasteiger partial charge in [0.2, 0.25) is 0 Å². The summed E-state index contributed by atoms with van der Waals surface area (Å²) >= 11 is 3.46. The molecule has 1 atom stereocenters. The van der Waals surface area contributed by atoms with Crippen LogP contribution in [0.5, 0.6) is 0 Å². The maximum atomic E-state index is 9.70. The van der Waals surface area contributed by atoms with E-state index in [1.54, 1.807) is 0 Å². The van der Waals surface area contributed by atoms with E-state index < -0.39 is 6.10 Å². The van der Waals surface area contributed by atoms with Crippen LogP contribution in [0.25, 0.3) is 10.8 Å². The Morgan fingerprint density at radius 1 is 1.21 bits per heavy atom. The molecule has 0 saturated heterocycles. The van der Waals surface area contributed by atoms with Crippen molar-refractivity contribution in [1.29, 1.82) is 0 Å². The molecule has 0 fully saturated rings. The second-order valence-corrected chi connectivity index (χ2v) is 5.32. The predicted molar refractivity (Wildman–Crippen MR) is 82.6 cm³/mol. The smallest absolute Gasteiger partial charge is 0.0945 e. The lowest BCUT2D eigenvalue weighted by Gasteiger charge is -2.13. The highest BCUT2D eigenvalue weighted by Crippen LogP contribution is 2.22. The first-order valence-corrected chi connectivity index (χ1v) is 7.17. The van der Waals surface area contributed by atoms with Crippen LogP contribution < -0.4 is 5.32 Å². The standard InChI is InChI=1S/C15H18BrNO2/c1-2-19-10-15(18)9-17-14-6-4-11-7-13(16)5-3-12(11)8-14/h3-8,15,17-18H,2,9-10H2,1H3. The summed E-state index contributed by atoms with van der Waals surface area (Å²) in [7, 11) is 0. The normalized spacial score (nSPS) is 12.6. The quantitative estimate of drug-likeness (QED) is 0.856. The van der Waals surface area contributed by atoms with Crippen molar-refractivity contribution in [2.24, 2.45) is 0 Å². The van der Waals surface area contributed by atoms with Gasteiger partial charge in [-0.05, 0) is 42.0 Å². The molecule has 3 nitrogen and oxygen atoms in total. The third kappa shape index (κ3) is 4.20. The van der Waals surface area contributed by atoms with Crippen LogP contribution in [-0.2, 0) is 4.74 Å². The Morgan fingerprint density at radius 2 is 1.95 bits per heavy atom. The van der Waals surface area contributed by atoms with Crippen molar-refractivity contribution in [2.45, 2.75) is 13.0 Å². The van der Waals surface area contributed by atoms with Gasteiger partial charge in [0.15, 0.2) is 0 Å². The molecule has 2 aromatic rings. The first-order valence-electron chi connectivity index (χ1n) is 6.38. The van der Waals surface area contributed by atoms with Gasteiger partial charge in [0.05, 0.1) is 12.7 Å². The largest absolute Gasteiger partial charge is 0.389 e. The first-order chi connectivity index (χ1) is 9.19. The lowest BCUT2D eigenvalue weighted by Crippen LogP contribution is -2.24. The van der Waals surface area contributed by atoms with Crippen molar-refractivity contribution in [1.82, 2.24) is 0 Å². The number of anilines is 1. The van der Waals surface area contributed by atoms with Gasteiger partial charge in [-0.2, -0.15) is 0 Å². The van der Waals surface area contributed by atoms with E-state index in [-0.39, 0.29) is 0 Å². The maximum absolute atomic E-state index is 9.70. The number of benzene rings is 2. The fourth-order valence-electron chi connectivity index (χ4n) is 1.88. The second kappa shape index (κ2) is 6.89. The van der Waals surface area contributed by atoms with E-state index in [0.29, 0.717) is 19.8 Å². The molecule has 2 aromatic carbocycles. The fourth-order valence-corrected chi connectivity index (χ4v) is 2.25. The molecule has 102 valence electrons. The van der Waals surface area contributed by atoms with Crippen LogP contribution >= 0.6 is 15.9 Å². The Morgan fingerprint density at radius 3 is 2.74 bits per heavy atom. The molecule has 0 aliphatic carbocycles. The second-order valence-electron chi connectivity index (χ2n) is 4.40. The van der Waals surface area contributed by atoms with Gasteiger partial charge in [0, 0.05) is 23.3 Å². The van der Waals surface area contributed by atoms with Crippen LogP contribution in [0.2, 0.25) is 0 Å². The molecular formula is C15H18BrNO2. The summed E-state index contributed by atoms with van der Waals surface area (Å²) in [5.41, 5.74) is 1.00. The Labute approximate surface area is 121 Å². The van der Waals surface area contributed by atoms with E-state index in [4.69, 9.17) is 4.74 Å². The third-order valence-corrected chi connectivity index (χ3v) is 3.35. The Hall–Kier alpha value is -1.10.